The average Bonchev–Trinajstić information content (AvgIpc) is 2.79. The normalized spacial score (nSPS) is 10.7. The van der Waals surface area contributed by atoms with Crippen LogP contribution < -0.4 is 14.9 Å². The Morgan fingerprint density at radius 1 is 1.12 bits per heavy atom. The van der Waals surface area contributed by atoms with Crippen LogP contribution in [0.15, 0.2) is 71.8 Å². The van der Waals surface area contributed by atoms with E-state index in [4.69, 9.17) is 9.47 Å². The van der Waals surface area contributed by atoms with Crippen LogP contribution in [0.2, 0.25) is 0 Å². The molecule has 0 unspecified atom stereocenters. The Morgan fingerprint density at radius 3 is 2.53 bits per heavy atom. The number of aryl methyl sites for hydroxylation is 1. The predicted octanol–water partition coefficient (Wildman–Crippen LogP) is 4.18. The van der Waals surface area contributed by atoms with Gasteiger partial charge in [0.05, 0.1) is 24.7 Å². The van der Waals surface area contributed by atoms with Gasteiger partial charge in [-0.3, -0.25) is 14.9 Å². The van der Waals surface area contributed by atoms with E-state index in [0.29, 0.717) is 5.56 Å². The molecule has 0 bridgehead atoms. The van der Waals surface area contributed by atoms with Gasteiger partial charge in [-0.1, -0.05) is 54.6 Å². The van der Waals surface area contributed by atoms with Gasteiger partial charge in [-0.25, -0.2) is 5.43 Å². The number of methoxy groups -OCH3 is 1. The van der Waals surface area contributed by atoms with Gasteiger partial charge in [0.2, 0.25) is 11.7 Å². The molecule has 0 atom stereocenters. The average molecular weight is 433 g/mol. The van der Waals surface area contributed by atoms with E-state index in [0.717, 1.165) is 16.7 Å². The van der Waals surface area contributed by atoms with E-state index in [9.17, 15) is 14.9 Å². The van der Waals surface area contributed by atoms with Crippen LogP contribution in [0.3, 0.4) is 0 Å². The third-order valence-corrected chi connectivity index (χ3v) is 4.72. The summed E-state index contributed by atoms with van der Waals surface area (Å²) in [6.45, 7) is 2.10. The number of benzene rings is 3. The molecule has 8 heteroatoms. The third-order valence-electron chi connectivity index (χ3n) is 4.72. The number of nitro groups is 1. The number of nitrogens with zero attached hydrogens (tertiary/aromatic N) is 2. The number of rotatable bonds is 9. The SMILES string of the molecule is COc1cc(/C=N\NC(=O)Cc2ccccc2)cc([N+](=O)[O-])c1OCc1ccccc1C. The van der Waals surface area contributed by atoms with Gasteiger partial charge in [-0.2, -0.15) is 5.10 Å². The molecule has 3 aromatic rings. The van der Waals surface area contributed by atoms with Crippen molar-refractivity contribution in [3.05, 3.63) is 99.1 Å². The molecule has 0 aliphatic rings. The van der Waals surface area contributed by atoms with Crippen LogP contribution in [-0.2, 0) is 17.8 Å². The first-order valence-corrected chi connectivity index (χ1v) is 9.87. The van der Waals surface area contributed by atoms with E-state index in [1.807, 2.05) is 61.5 Å². The molecule has 164 valence electrons. The van der Waals surface area contributed by atoms with Crippen molar-refractivity contribution in [2.45, 2.75) is 20.0 Å². The van der Waals surface area contributed by atoms with Crippen LogP contribution in [0.5, 0.6) is 11.5 Å². The van der Waals surface area contributed by atoms with Gasteiger partial charge in [0.1, 0.15) is 6.61 Å². The molecule has 32 heavy (non-hydrogen) atoms. The van der Waals surface area contributed by atoms with Crippen molar-refractivity contribution in [1.82, 2.24) is 5.43 Å². The number of carbonyl (C=O) groups is 1. The monoisotopic (exact) mass is 433 g/mol. The highest BCUT2D eigenvalue weighted by molar-refractivity contribution is 5.85. The van der Waals surface area contributed by atoms with Crippen LogP contribution in [-0.4, -0.2) is 24.2 Å². The Balaban J connectivity index is 1.75. The highest BCUT2D eigenvalue weighted by Gasteiger charge is 2.22. The lowest BCUT2D eigenvalue weighted by atomic mass is 10.1. The summed E-state index contributed by atoms with van der Waals surface area (Å²) in [6, 6.07) is 19.8. The molecule has 8 nitrogen and oxygen atoms in total. The molecule has 0 spiro atoms. The summed E-state index contributed by atoms with van der Waals surface area (Å²) < 4.78 is 11.1. The molecule has 0 heterocycles. The Morgan fingerprint density at radius 2 is 1.84 bits per heavy atom. The lowest BCUT2D eigenvalue weighted by Gasteiger charge is -2.13. The molecule has 0 saturated carbocycles. The zero-order valence-electron chi connectivity index (χ0n) is 17.8. The first-order chi connectivity index (χ1) is 15.5. The van der Waals surface area contributed by atoms with Crippen LogP contribution in [0.25, 0.3) is 0 Å². The van der Waals surface area contributed by atoms with Crippen molar-refractivity contribution in [3.63, 3.8) is 0 Å². The Labute approximate surface area is 185 Å². The number of nitrogens with one attached hydrogen (secondary N) is 1. The number of hydrogen-bond donors (Lipinski definition) is 1. The summed E-state index contributed by atoms with van der Waals surface area (Å²) in [6.07, 6.45) is 1.50. The summed E-state index contributed by atoms with van der Waals surface area (Å²) in [5.41, 5.74) is 5.34. The minimum Gasteiger partial charge on any atom is -0.493 e. The van der Waals surface area contributed by atoms with Gasteiger partial charge in [0, 0.05) is 11.6 Å². The van der Waals surface area contributed by atoms with Crippen LogP contribution >= 0.6 is 0 Å². The number of ether oxygens (including phenoxy) is 2. The van der Waals surface area contributed by atoms with Gasteiger partial charge in [-0.05, 0) is 29.7 Å². The molecule has 0 fully saturated rings. The van der Waals surface area contributed by atoms with Crippen molar-refractivity contribution in [3.8, 4) is 11.5 Å². The molecule has 0 aromatic heterocycles. The van der Waals surface area contributed by atoms with Crippen LogP contribution in [0, 0.1) is 17.0 Å². The fourth-order valence-electron chi connectivity index (χ4n) is 3.04. The van der Waals surface area contributed by atoms with E-state index in [2.05, 4.69) is 10.5 Å². The largest absolute Gasteiger partial charge is 0.493 e. The molecule has 1 N–H and O–H groups in total. The van der Waals surface area contributed by atoms with E-state index in [1.165, 1.54) is 19.4 Å². The molecular formula is C24H23N3O5. The fourth-order valence-corrected chi connectivity index (χ4v) is 3.04. The highest BCUT2D eigenvalue weighted by Crippen LogP contribution is 2.38. The quantitative estimate of drug-likeness (QED) is 0.310. The summed E-state index contributed by atoms with van der Waals surface area (Å²) in [5.74, 6) is -0.0667. The van der Waals surface area contributed by atoms with Gasteiger partial charge in [0.25, 0.3) is 0 Å². The Hall–Kier alpha value is -4.20. The zero-order chi connectivity index (χ0) is 22.9. The van der Waals surface area contributed by atoms with Gasteiger partial charge in [-0.15, -0.1) is 0 Å². The standard InChI is InChI=1S/C24H23N3O5/c1-17-8-6-7-11-20(17)16-32-24-21(27(29)30)12-19(13-22(24)31-2)15-25-26-23(28)14-18-9-4-3-5-10-18/h3-13,15H,14,16H2,1-2H3,(H,26,28)/b25-15-. The first kappa shape index (κ1) is 22.5. The summed E-state index contributed by atoms with van der Waals surface area (Å²) >= 11 is 0. The minimum atomic E-state index is -0.541. The highest BCUT2D eigenvalue weighted by atomic mass is 16.6. The molecule has 0 radical (unpaired) electrons. The fraction of sp³-hybridized carbons (Fsp3) is 0.167. The third kappa shape index (κ3) is 5.91. The minimum absolute atomic E-state index is 0.0333. The van der Waals surface area contributed by atoms with Crippen molar-refractivity contribution < 1.29 is 19.2 Å². The molecule has 0 saturated heterocycles. The molecular weight excluding hydrogens is 410 g/mol. The second-order valence-electron chi connectivity index (χ2n) is 7.00. The van der Waals surface area contributed by atoms with E-state index in [1.54, 1.807) is 6.07 Å². The van der Waals surface area contributed by atoms with Crippen molar-refractivity contribution >= 4 is 17.8 Å². The zero-order valence-corrected chi connectivity index (χ0v) is 17.8. The van der Waals surface area contributed by atoms with Crippen molar-refractivity contribution in [2.24, 2.45) is 5.10 Å². The molecule has 3 rings (SSSR count). The molecule has 1 amide bonds. The lowest BCUT2D eigenvalue weighted by Crippen LogP contribution is -2.19. The topological polar surface area (TPSA) is 103 Å². The summed E-state index contributed by atoms with van der Waals surface area (Å²) in [7, 11) is 1.41. The maximum Gasteiger partial charge on any atom is 0.315 e. The number of hydrazone groups is 1. The second kappa shape index (κ2) is 10.7. The Bertz CT molecular complexity index is 1130. The Kier molecular flexibility index (Phi) is 7.53. The van der Waals surface area contributed by atoms with E-state index < -0.39 is 4.92 Å². The number of nitro benzene ring substituents is 1. The van der Waals surface area contributed by atoms with Gasteiger partial charge >= 0.3 is 5.69 Å². The van der Waals surface area contributed by atoms with Crippen molar-refractivity contribution in [2.75, 3.05) is 7.11 Å². The summed E-state index contributed by atoms with van der Waals surface area (Å²) in [5, 5.41) is 15.6. The van der Waals surface area contributed by atoms with Crippen LogP contribution in [0.1, 0.15) is 22.3 Å². The first-order valence-electron chi connectivity index (χ1n) is 9.87. The van der Waals surface area contributed by atoms with Crippen molar-refractivity contribution in [1.29, 1.82) is 0 Å². The smallest absolute Gasteiger partial charge is 0.315 e. The van der Waals surface area contributed by atoms with Crippen LogP contribution in [0.4, 0.5) is 5.69 Å². The van der Waals surface area contributed by atoms with E-state index in [-0.39, 0.29) is 36.1 Å². The molecule has 0 aliphatic heterocycles. The predicted molar refractivity (Wildman–Crippen MR) is 121 cm³/mol. The number of carbonyl (C=O) groups excluding carboxylic acids is 1. The number of hydrogen-bond acceptors (Lipinski definition) is 6. The molecule has 3 aromatic carbocycles. The van der Waals surface area contributed by atoms with Gasteiger partial charge < -0.3 is 9.47 Å². The second-order valence-corrected chi connectivity index (χ2v) is 7.00. The maximum atomic E-state index is 12.0. The summed E-state index contributed by atoms with van der Waals surface area (Å²) in [4.78, 5) is 23.1. The van der Waals surface area contributed by atoms with Gasteiger partial charge in [0.15, 0.2) is 5.75 Å². The molecule has 0 aliphatic carbocycles. The lowest BCUT2D eigenvalue weighted by molar-refractivity contribution is -0.386. The maximum absolute atomic E-state index is 12.0. The number of amides is 1. The van der Waals surface area contributed by atoms with E-state index >= 15 is 0 Å².